The van der Waals surface area contributed by atoms with Crippen molar-refractivity contribution in [1.82, 2.24) is 19.8 Å². The van der Waals surface area contributed by atoms with Gasteiger partial charge in [0.1, 0.15) is 0 Å². The Morgan fingerprint density at radius 2 is 2.04 bits per heavy atom. The molecule has 3 aromatic rings. The first-order valence-electron chi connectivity index (χ1n) is 7.73. The van der Waals surface area contributed by atoms with Gasteiger partial charge in [0.25, 0.3) is 0 Å². The summed E-state index contributed by atoms with van der Waals surface area (Å²) in [7, 11) is 1.53. The molecule has 1 N–H and O–H groups in total. The van der Waals surface area contributed by atoms with E-state index in [0.717, 1.165) is 0 Å². The van der Waals surface area contributed by atoms with E-state index in [0.29, 0.717) is 35.0 Å². The fourth-order valence-corrected chi connectivity index (χ4v) is 2.35. The van der Waals surface area contributed by atoms with E-state index in [1.165, 1.54) is 14.0 Å². The van der Waals surface area contributed by atoms with Crippen LogP contribution in [0.5, 0.6) is 5.88 Å². The molecule has 1 amide bonds. The van der Waals surface area contributed by atoms with Crippen LogP contribution in [0.1, 0.15) is 29.5 Å². The Morgan fingerprint density at radius 1 is 1.20 bits per heavy atom. The van der Waals surface area contributed by atoms with Crippen LogP contribution in [0.25, 0.3) is 5.65 Å². The number of nitrogens with one attached hydrogen (secondary N) is 1. The molecule has 128 valence electrons. The molecular weight excluding hydrogens is 322 g/mol. The topological polar surface area (TPSA) is 98.5 Å². The maximum absolute atomic E-state index is 12.1. The Bertz CT molecular complexity index is 935. The fourth-order valence-electron chi connectivity index (χ4n) is 2.35. The van der Waals surface area contributed by atoms with E-state index in [-0.39, 0.29) is 18.1 Å². The first-order chi connectivity index (χ1) is 12.1. The van der Waals surface area contributed by atoms with Gasteiger partial charge in [0.15, 0.2) is 17.3 Å². The second-order valence-corrected chi connectivity index (χ2v) is 5.45. The standard InChI is InChI=1S/C17H17N5O3/c1-11(23)12-4-3-5-13(10-12)18-16(24)8-6-14-19-20-15-7-9-17(25-2)21-22(14)15/h3-5,7,9-10H,6,8H2,1-2H3,(H,18,24). The second kappa shape index (κ2) is 7.08. The van der Waals surface area contributed by atoms with Crippen molar-refractivity contribution in [3.8, 4) is 5.88 Å². The van der Waals surface area contributed by atoms with E-state index in [1.807, 2.05) is 0 Å². The molecule has 0 atom stereocenters. The van der Waals surface area contributed by atoms with E-state index in [1.54, 1.807) is 40.9 Å². The molecule has 25 heavy (non-hydrogen) atoms. The van der Waals surface area contributed by atoms with Crippen LogP contribution in [-0.2, 0) is 11.2 Å². The lowest BCUT2D eigenvalue weighted by molar-refractivity contribution is -0.116. The maximum Gasteiger partial charge on any atom is 0.231 e. The molecule has 0 saturated carbocycles. The van der Waals surface area contributed by atoms with Crippen molar-refractivity contribution in [2.45, 2.75) is 19.8 Å². The van der Waals surface area contributed by atoms with E-state index < -0.39 is 0 Å². The Hall–Kier alpha value is -3.29. The zero-order chi connectivity index (χ0) is 17.8. The number of ketones is 1. The van der Waals surface area contributed by atoms with Crippen molar-refractivity contribution in [3.63, 3.8) is 0 Å². The van der Waals surface area contributed by atoms with Gasteiger partial charge in [-0.1, -0.05) is 12.1 Å². The quantitative estimate of drug-likeness (QED) is 0.689. The van der Waals surface area contributed by atoms with Crippen LogP contribution in [0, 0.1) is 0 Å². The van der Waals surface area contributed by atoms with Crippen molar-refractivity contribution in [2.75, 3.05) is 12.4 Å². The smallest absolute Gasteiger partial charge is 0.231 e. The summed E-state index contributed by atoms with van der Waals surface area (Å²) in [6, 6.07) is 10.3. The zero-order valence-electron chi connectivity index (χ0n) is 13.9. The summed E-state index contributed by atoms with van der Waals surface area (Å²) in [5, 5.41) is 15.1. The normalized spacial score (nSPS) is 10.6. The number of nitrogens with zero attached hydrogens (tertiary/aromatic N) is 4. The number of Topliss-reactive ketones (excluding diaryl/α,β-unsaturated/α-hetero) is 1. The van der Waals surface area contributed by atoms with E-state index in [9.17, 15) is 9.59 Å². The van der Waals surface area contributed by atoms with Crippen LogP contribution in [0.2, 0.25) is 0 Å². The molecular formula is C17H17N5O3. The van der Waals surface area contributed by atoms with E-state index in [2.05, 4.69) is 20.6 Å². The van der Waals surface area contributed by atoms with Crippen LogP contribution in [-0.4, -0.2) is 38.6 Å². The lowest BCUT2D eigenvalue weighted by atomic mass is 10.1. The fraction of sp³-hybridized carbons (Fsp3) is 0.235. The molecule has 0 radical (unpaired) electrons. The molecule has 3 rings (SSSR count). The Kier molecular flexibility index (Phi) is 4.69. The predicted octanol–water partition coefficient (Wildman–Crippen LogP) is 1.91. The summed E-state index contributed by atoms with van der Waals surface area (Å²) < 4.78 is 6.65. The number of methoxy groups -OCH3 is 1. The molecule has 0 unspecified atom stereocenters. The Morgan fingerprint density at radius 3 is 2.80 bits per heavy atom. The minimum absolute atomic E-state index is 0.0500. The SMILES string of the molecule is COc1ccc2nnc(CCC(=O)Nc3cccc(C(C)=O)c3)n2n1. The van der Waals surface area contributed by atoms with Crippen LogP contribution in [0.3, 0.4) is 0 Å². The lowest BCUT2D eigenvalue weighted by Gasteiger charge is -2.06. The number of carbonyl (C=O) groups excluding carboxylic acids is 2. The average molecular weight is 339 g/mol. The summed E-state index contributed by atoms with van der Waals surface area (Å²) in [6.07, 6.45) is 0.587. The third kappa shape index (κ3) is 3.79. The number of amides is 1. The molecule has 8 nitrogen and oxygen atoms in total. The molecule has 8 heteroatoms. The Balaban J connectivity index is 1.66. The first-order valence-corrected chi connectivity index (χ1v) is 7.73. The number of hydrogen-bond acceptors (Lipinski definition) is 6. The molecule has 2 aromatic heterocycles. The summed E-state index contributed by atoms with van der Waals surface area (Å²) in [5.41, 5.74) is 1.73. The van der Waals surface area contributed by atoms with Crippen LogP contribution >= 0.6 is 0 Å². The molecule has 1 aromatic carbocycles. The minimum Gasteiger partial charge on any atom is -0.480 e. The van der Waals surface area contributed by atoms with Gasteiger partial charge in [0.05, 0.1) is 7.11 Å². The highest BCUT2D eigenvalue weighted by Crippen LogP contribution is 2.13. The third-order valence-electron chi connectivity index (χ3n) is 3.64. The van der Waals surface area contributed by atoms with Gasteiger partial charge in [-0.15, -0.1) is 15.3 Å². The molecule has 0 bridgehead atoms. The molecule has 0 fully saturated rings. The first kappa shape index (κ1) is 16.6. The monoisotopic (exact) mass is 339 g/mol. The highest BCUT2D eigenvalue weighted by atomic mass is 16.5. The largest absolute Gasteiger partial charge is 0.480 e. The number of rotatable bonds is 6. The van der Waals surface area contributed by atoms with Crippen molar-refractivity contribution in [3.05, 3.63) is 47.8 Å². The molecule has 0 spiro atoms. The van der Waals surface area contributed by atoms with E-state index in [4.69, 9.17) is 4.74 Å². The van der Waals surface area contributed by atoms with Gasteiger partial charge in [-0.3, -0.25) is 9.59 Å². The summed E-state index contributed by atoms with van der Waals surface area (Å²) in [5.74, 6) is 0.784. The zero-order valence-corrected chi connectivity index (χ0v) is 13.9. The van der Waals surface area contributed by atoms with Gasteiger partial charge in [-0.25, -0.2) is 0 Å². The number of anilines is 1. The predicted molar refractivity (Wildman–Crippen MR) is 90.7 cm³/mol. The van der Waals surface area contributed by atoms with E-state index >= 15 is 0 Å². The molecule has 0 saturated heterocycles. The van der Waals surface area contributed by atoms with Crippen molar-refractivity contribution < 1.29 is 14.3 Å². The molecule has 0 aliphatic carbocycles. The van der Waals surface area contributed by atoms with Gasteiger partial charge in [0.2, 0.25) is 11.8 Å². The van der Waals surface area contributed by atoms with Crippen molar-refractivity contribution in [1.29, 1.82) is 0 Å². The second-order valence-electron chi connectivity index (χ2n) is 5.45. The molecule has 0 aliphatic heterocycles. The van der Waals surface area contributed by atoms with Crippen molar-refractivity contribution >= 4 is 23.0 Å². The number of aromatic nitrogens is 4. The van der Waals surface area contributed by atoms with Crippen LogP contribution in [0.4, 0.5) is 5.69 Å². The highest BCUT2D eigenvalue weighted by molar-refractivity contribution is 5.97. The third-order valence-corrected chi connectivity index (χ3v) is 3.64. The van der Waals surface area contributed by atoms with Gasteiger partial charge < -0.3 is 10.1 Å². The molecule has 2 heterocycles. The van der Waals surface area contributed by atoms with Crippen LogP contribution in [0.15, 0.2) is 36.4 Å². The van der Waals surface area contributed by atoms with Crippen molar-refractivity contribution in [2.24, 2.45) is 0 Å². The van der Waals surface area contributed by atoms with Gasteiger partial charge in [-0.05, 0) is 25.1 Å². The minimum atomic E-state index is -0.180. The number of aryl methyl sites for hydroxylation is 1. The molecule has 0 aliphatic rings. The number of carbonyl (C=O) groups is 2. The van der Waals surface area contributed by atoms with Gasteiger partial charge in [0, 0.05) is 30.2 Å². The lowest BCUT2D eigenvalue weighted by Crippen LogP contribution is -2.14. The Labute approximate surface area is 143 Å². The number of hydrogen-bond donors (Lipinski definition) is 1. The average Bonchev–Trinajstić information content (AvgIpc) is 3.02. The summed E-state index contributed by atoms with van der Waals surface area (Å²) in [4.78, 5) is 23.5. The summed E-state index contributed by atoms with van der Waals surface area (Å²) >= 11 is 0. The van der Waals surface area contributed by atoms with Gasteiger partial charge >= 0.3 is 0 Å². The van der Waals surface area contributed by atoms with Crippen LogP contribution < -0.4 is 10.1 Å². The number of benzene rings is 1. The number of fused-ring (bicyclic) bond motifs is 1. The van der Waals surface area contributed by atoms with Gasteiger partial charge in [-0.2, -0.15) is 4.52 Å². The number of ether oxygens (including phenoxy) is 1. The maximum atomic E-state index is 12.1. The summed E-state index contributed by atoms with van der Waals surface area (Å²) in [6.45, 7) is 1.48. The highest BCUT2D eigenvalue weighted by Gasteiger charge is 2.11.